The summed E-state index contributed by atoms with van der Waals surface area (Å²) in [5.41, 5.74) is 20.7. The fourth-order valence-corrected chi connectivity index (χ4v) is 11.6. The van der Waals surface area contributed by atoms with E-state index in [9.17, 15) is 0 Å². The van der Waals surface area contributed by atoms with E-state index in [1.807, 2.05) is 0 Å². The van der Waals surface area contributed by atoms with Crippen LogP contribution in [-0.4, -0.2) is 41.9 Å². The number of methoxy groups -OCH3 is 4. The molecule has 0 aromatic heterocycles. The van der Waals surface area contributed by atoms with Gasteiger partial charge in [0.25, 0.3) is 0 Å². The Labute approximate surface area is 340 Å². The monoisotopic (exact) mass is 754 g/mol. The fourth-order valence-electron chi connectivity index (χ4n) is 11.6. The van der Waals surface area contributed by atoms with E-state index in [4.69, 9.17) is 18.9 Å². The first kappa shape index (κ1) is 34.2. The first-order valence-corrected chi connectivity index (χ1v) is 20.5. The molecule has 4 nitrogen and oxygen atoms in total. The summed E-state index contributed by atoms with van der Waals surface area (Å²) < 4.78 is 23.8. The maximum absolute atomic E-state index is 6.09. The van der Waals surface area contributed by atoms with Crippen LogP contribution in [0.2, 0.25) is 0 Å². The zero-order chi connectivity index (χ0) is 39.9. The van der Waals surface area contributed by atoms with E-state index in [1.54, 1.807) is 28.4 Å². The van der Waals surface area contributed by atoms with Gasteiger partial charge in [-0.05, 0) is 159 Å². The summed E-state index contributed by atoms with van der Waals surface area (Å²) in [5.74, 6) is 3.49. The minimum atomic E-state index is -0.136. The van der Waals surface area contributed by atoms with E-state index >= 15 is 0 Å². The van der Waals surface area contributed by atoms with Gasteiger partial charge in [-0.1, -0.05) is 98.6 Å². The molecule has 58 heavy (non-hydrogen) atoms. The van der Waals surface area contributed by atoms with Gasteiger partial charge in [0, 0.05) is 0 Å². The van der Waals surface area contributed by atoms with Gasteiger partial charge in [-0.25, -0.2) is 0 Å². The number of rotatable bonds is 4. The Morgan fingerprint density at radius 2 is 0.690 bits per heavy atom. The van der Waals surface area contributed by atoms with Crippen molar-refractivity contribution in [2.24, 2.45) is 0 Å². The van der Waals surface area contributed by atoms with Gasteiger partial charge in [0.2, 0.25) is 13.4 Å². The molecule has 8 aromatic rings. The lowest BCUT2D eigenvalue weighted by Crippen LogP contribution is -2.53. The topological polar surface area (TPSA) is 36.9 Å². The van der Waals surface area contributed by atoms with Gasteiger partial charge >= 0.3 is 0 Å². The maximum Gasteiger partial charge on any atom is 0.244 e. The van der Waals surface area contributed by atoms with Gasteiger partial charge in [0.15, 0.2) is 0 Å². The summed E-state index contributed by atoms with van der Waals surface area (Å²) in [6.07, 6.45) is 0. The molecule has 4 heterocycles. The summed E-state index contributed by atoms with van der Waals surface area (Å²) in [5, 5.41) is 8.23. The Balaban J connectivity index is 1.32. The highest BCUT2D eigenvalue weighted by molar-refractivity contribution is 7.03. The number of hydrogen-bond acceptors (Lipinski definition) is 4. The van der Waals surface area contributed by atoms with Crippen LogP contribution in [0.25, 0.3) is 76.8 Å². The SMILES string of the molecule is COc1ccc2c(c1)-c1cc(OC)cc3c1B2c1cc2c(C(C)(C)C)cc4c5c(cc6c(C(C)(C)C)cc-3c1c6c25)B1c2ccc(OC)cc2-c2cc(OC)cc-4c21. The number of benzene rings is 8. The Kier molecular flexibility index (Phi) is 6.48. The third-order valence-electron chi connectivity index (χ3n) is 14.1. The first-order valence-electron chi connectivity index (χ1n) is 20.5. The molecular formula is C52H44B2O4. The molecule has 0 spiro atoms. The van der Waals surface area contributed by atoms with E-state index < -0.39 is 0 Å². The molecule has 6 heteroatoms. The van der Waals surface area contributed by atoms with E-state index in [-0.39, 0.29) is 24.3 Å². The fraction of sp³-hybridized carbons (Fsp3) is 0.231. The average Bonchev–Trinajstić information content (AvgIpc) is 3.72. The van der Waals surface area contributed by atoms with Crippen molar-refractivity contribution in [2.45, 2.75) is 52.4 Å². The van der Waals surface area contributed by atoms with Gasteiger partial charge in [-0.2, -0.15) is 0 Å². The second-order valence-electron chi connectivity index (χ2n) is 19.0. The molecule has 282 valence electrons. The van der Waals surface area contributed by atoms with Crippen LogP contribution in [0.1, 0.15) is 52.7 Å². The average molecular weight is 755 g/mol. The van der Waals surface area contributed by atoms with Gasteiger partial charge < -0.3 is 18.9 Å². The highest BCUT2D eigenvalue weighted by atomic mass is 16.5. The molecule has 0 bridgehead atoms. The zero-order valence-electron chi connectivity index (χ0n) is 34.9. The van der Waals surface area contributed by atoms with Gasteiger partial charge in [0.1, 0.15) is 23.0 Å². The molecule has 0 unspecified atom stereocenters. The third kappa shape index (κ3) is 4.08. The van der Waals surface area contributed by atoms with Crippen molar-refractivity contribution in [3.05, 3.63) is 96.1 Å². The van der Waals surface area contributed by atoms with Gasteiger partial charge in [-0.3, -0.25) is 0 Å². The third-order valence-corrected chi connectivity index (χ3v) is 14.1. The van der Waals surface area contributed by atoms with Crippen LogP contribution in [0.5, 0.6) is 23.0 Å². The van der Waals surface area contributed by atoms with Crippen molar-refractivity contribution in [2.75, 3.05) is 28.4 Å². The minimum Gasteiger partial charge on any atom is -0.497 e. The molecule has 0 fully saturated rings. The van der Waals surface area contributed by atoms with Crippen LogP contribution in [0.3, 0.4) is 0 Å². The molecule has 0 atom stereocenters. The van der Waals surface area contributed by atoms with E-state index in [0.717, 1.165) is 23.0 Å². The Bertz CT molecular complexity index is 2980. The molecule has 0 amide bonds. The highest BCUT2D eigenvalue weighted by Gasteiger charge is 2.46. The lowest BCUT2D eigenvalue weighted by molar-refractivity contribution is 0.414. The summed E-state index contributed by atoms with van der Waals surface area (Å²) >= 11 is 0. The van der Waals surface area contributed by atoms with Crippen LogP contribution in [-0.2, 0) is 10.8 Å². The van der Waals surface area contributed by atoms with Gasteiger partial charge in [0.05, 0.1) is 28.4 Å². The quantitative estimate of drug-likeness (QED) is 0.134. The number of ether oxygens (including phenoxy) is 4. The molecule has 0 aliphatic carbocycles. The molecule has 4 aliphatic heterocycles. The largest absolute Gasteiger partial charge is 0.497 e. The molecule has 0 radical (unpaired) electrons. The Morgan fingerprint density at radius 1 is 0.345 bits per heavy atom. The van der Waals surface area contributed by atoms with E-state index in [0.29, 0.717) is 0 Å². The summed E-state index contributed by atoms with van der Waals surface area (Å²) in [6.45, 7) is 14.4. The van der Waals surface area contributed by atoms with Crippen LogP contribution in [0, 0.1) is 0 Å². The number of hydrogen-bond donors (Lipinski definition) is 0. The van der Waals surface area contributed by atoms with Crippen molar-refractivity contribution < 1.29 is 18.9 Å². The summed E-state index contributed by atoms with van der Waals surface area (Å²) in [7, 11) is 7.09. The molecule has 0 N–H and O–H groups in total. The summed E-state index contributed by atoms with van der Waals surface area (Å²) in [4.78, 5) is 0. The van der Waals surface area contributed by atoms with Gasteiger partial charge in [-0.15, -0.1) is 0 Å². The normalized spacial score (nSPS) is 14.0. The van der Waals surface area contributed by atoms with Crippen molar-refractivity contribution in [3.63, 3.8) is 0 Å². The van der Waals surface area contributed by atoms with Crippen molar-refractivity contribution in [1.29, 1.82) is 0 Å². The maximum atomic E-state index is 6.09. The molecule has 4 aliphatic rings. The zero-order valence-corrected chi connectivity index (χ0v) is 34.9. The molecule has 0 saturated heterocycles. The standard InChI is InChI=1S/C52H44B2O4/c1-51(2,3)39-21-31-35-19-27(57-9)17-33-29-15-26(56-8)12-14-42(29)54(49(33)35)44-24-38-40(52(4,5)6)22-32-36-20-28(58-10)18-34-30-16-25(55-7)11-13-41(30)53(50(34)36)43-23-37(39)47(45(31)44)48(38)46(32)43/h11-24H,1-10H3. The molecule has 12 rings (SSSR count). The first-order chi connectivity index (χ1) is 27.8. The van der Waals surface area contributed by atoms with E-state index in [2.05, 4.69) is 126 Å². The molecular weight excluding hydrogens is 710 g/mol. The predicted octanol–water partition coefficient (Wildman–Crippen LogP) is 8.17. The van der Waals surface area contributed by atoms with Crippen molar-refractivity contribution in [3.8, 4) is 67.5 Å². The smallest absolute Gasteiger partial charge is 0.244 e. The number of fused-ring (bicyclic) bond motifs is 10. The van der Waals surface area contributed by atoms with Crippen molar-refractivity contribution in [1.82, 2.24) is 0 Å². The lowest BCUT2D eigenvalue weighted by Gasteiger charge is -2.35. The summed E-state index contributed by atoms with van der Waals surface area (Å²) in [6, 6.07) is 32.7. The van der Waals surface area contributed by atoms with Crippen LogP contribution < -0.4 is 51.7 Å². The Hall–Kier alpha value is -5.87. The lowest BCUT2D eigenvalue weighted by atomic mass is 9.34. The Morgan fingerprint density at radius 3 is 1.03 bits per heavy atom. The minimum absolute atomic E-state index is 0.0838. The van der Waals surface area contributed by atoms with Crippen LogP contribution in [0.4, 0.5) is 0 Å². The highest BCUT2D eigenvalue weighted by Crippen LogP contribution is 2.51. The predicted molar refractivity (Wildman–Crippen MR) is 245 cm³/mol. The van der Waals surface area contributed by atoms with E-state index in [1.165, 1.54) is 121 Å². The molecule has 0 saturated carbocycles. The second kappa shape index (κ2) is 11.0. The van der Waals surface area contributed by atoms with Crippen LogP contribution in [0.15, 0.2) is 84.9 Å². The second-order valence-corrected chi connectivity index (χ2v) is 19.0. The molecule has 8 aromatic carbocycles. The van der Waals surface area contributed by atoms with Crippen molar-refractivity contribution >= 4 is 78.5 Å². The van der Waals surface area contributed by atoms with Crippen LogP contribution >= 0.6 is 0 Å².